The minimum atomic E-state index is -0.778. The molecule has 0 bridgehead atoms. The van der Waals surface area contributed by atoms with Crippen molar-refractivity contribution in [3.63, 3.8) is 0 Å². The molecule has 7 heteroatoms. The maximum Gasteiger partial charge on any atom is 0.201 e. The number of hydroxylamine groups is 1. The van der Waals surface area contributed by atoms with Gasteiger partial charge in [-0.1, -0.05) is 30.3 Å². The molecule has 1 aromatic carbocycles. The van der Waals surface area contributed by atoms with Crippen molar-refractivity contribution in [2.45, 2.75) is 12.5 Å². The largest absolute Gasteiger partial charge is 0.304 e. The molecule has 2 rings (SSSR count). The Labute approximate surface area is 115 Å². The van der Waals surface area contributed by atoms with Gasteiger partial charge in [-0.25, -0.2) is 4.98 Å². The number of benzene rings is 1. The van der Waals surface area contributed by atoms with Crippen molar-refractivity contribution in [3.8, 4) is 0 Å². The van der Waals surface area contributed by atoms with E-state index in [0.717, 1.165) is 0 Å². The second-order valence-electron chi connectivity index (χ2n) is 4.07. The monoisotopic (exact) mass is 274 g/mol. The molecule has 1 heterocycles. The minimum Gasteiger partial charge on any atom is -0.304 e. The molecule has 1 atom stereocenters. The smallest absolute Gasteiger partial charge is 0.201 e. The number of rotatable bonds is 7. The number of hydrogen-bond acceptors (Lipinski definition) is 6. The Bertz CT molecular complexity index is 569. The lowest BCUT2D eigenvalue weighted by atomic mass is 10.0. The molecular weight excluding hydrogens is 260 g/mol. The highest BCUT2D eigenvalue weighted by Crippen LogP contribution is 2.08. The van der Waals surface area contributed by atoms with Crippen LogP contribution in [0.25, 0.3) is 0 Å². The number of carbonyl (C=O) groups excluding carboxylic acids is 2. The first kappa shape index (κ1) is 14.0. The fourth-order valence-electron chi connectivity index (χ4n) is 1.76. The van der Waals surface area contributed by atoms with Crippen LogP contribution in [0.1, 0.15) is 27.4 Å². The maximum absolute atomic E-state index is 12.3. The van der Waals surface area contributed by atoms with E-state index in [1.807, 2.05) is 6.07 Å². The Morgan fingerprint density at radius 3 is 2.70 bits per heavy atom. The van der Waals surface area contributed by atoms with E-state index in [-0.39, 0.29) is 23.8 Å². The summed E-state index contributed by atoms with van der Waals surface area (Å²) in [6, 6.07) is 7.93. The van der Waals surface area contributed by atoms with Gasteiger partial charge in [0.1, 0.15) is 12.4 Å². The van der Waals surface area contributed by atoms with E-state index in [1.165, 1.54) is 13.4 Å². The average molecular weight is 274 g/mol. The van der Waals surface area contributed by atoms with Gasteiger partial charge in [0.2, 0.25) is 5.78 Å². The third-order valence-corrected chi connectivity index (χ3v) is 2.70. The summed E-state index contributed by atoms with van der Waals surface area (Å²) in [5.41, 5.74) is 3.05. The van der Waals surface area contributed by atoms with Crippen LogP contribution in [0.15, 0.2) is 36.7 Å². The normalized spacial score (nSPS) is 12.1. The zero-order valence-corrected chi connectivity index (χ0v) is 10.9. The molecule has 0 saturated carbocycles. The van der Waals surface area contributed by atoms with E-state index in [2.05, 4.69) is 20.7 Å². The van der Waals surface area contributed by atoms with E-state index in [0.29, 0.717) is 5.56 Å². The van der Waals surface area contributed by atoms with Crippen LogP contribution in [-0.2, 0) is 4.84 Å². The minimum absolute atomic E-state index is 0.0727. The van der Waals surface area contributed by atoms with Gasteiger partial charge in [0.15, 0.2) is 11.6 Å². The highest BCUT2D eigenvalue weighted by molar-refractivity contribution is 6.04. The molecule has 1 unspecified atom stereocenters. The summed E-state index contributed by atoms with van der Waals surface area (Å²) in [4.78, 5) is 32.8. The lowest BCUT2D eigenvalue weighted by molar-refractivity contribution is 0.0472. The van der Waals surface area contributed by atoms with Gasteiger partial charge in [0.25, 0.3) is 0 Å². The lowest BCUT2D eigenvalue weighted by Crippen LogP contribution is -2.38. The number of Topliss-reactive ketones (excluding diaryl/α,β-unsaturated/α-hetero) is 2. The molecule has 2 N–H and O–H groups in total. The van der Waals surface area contributed by atoms with Gasteiger partial charge in [0, 0.05) is 12.0 Å². The van der Waals surface area contributed by atoms with E-state index in [1.54, 1.807) is 24.3 Å². The van der Waals surface area contributed by atoms with Crippen LogP contribution >= 0.6 is 0 Å². The van der Waals surface area contributed by atoms with Gasteiger partial charge >= 0.3 is 0 Å². The van der Waals surface area contributed by atoms with E-state index < -0.39 is 6.04 Å². The van der Waals surface area contributed by atoms with Crippen molar-refractivity contribution in [2.24, 2.45) is 0 Å². The van der Waals surface area contributed by atoms with Gasteiger partial charge < -0.3 is 4.84 Å². The fraction of sp³-hybridized carbons (Fsp3) is 0.231. The van der Waals surface area contributed by atoms with Gasteiger partial charge in [0.05, 0.1) is 7.11 Å². The van der Waals surface area contributed by atoms with E-state index >= 15 is 0 Å². The summed E-state index contributed by atoms with van der Waals surface area (Å²) in [7, 11) is 1.39. The summed E-state index contributed by atoms with van der Waals surface area (Å²) >= 11 is 0. The predicted octanol–water partition coefficient (Wildman–Crippen LogP) is 0.780. The summed E-state index contributed by atoms with van der Waals surface area (Å²) in [5, 5.41) is 6.08. The van der Waals surface area contributed by atoms with Gasteiger partial charge in [-0.15, -0.1) is 0 Å². The first-order chi connectivity index (χ1) is 9.72. The molecule has 0 spiro atoms. The lowest BCUT2D eigenvalue weighted by Gasteiger charge is -2.14. The highest BCUT2D eigenvalue weighted by Gasteiger charge is 2.24. The fourth-order valence-corrected chi connectivity index (χ4v) is 1.76. The Morgan fingerprint density at radius 1 is 1.35 bits per heavy atom. The van der Waals surface area contributed by atoms with Crippen LogP contribution in [-0.4, -0.2) is 39.9 Å². The number of aromatic amines is 1. The SMILES string of the molecule is CONC(CC(=O)c1ncn[nH]1)C(=O)c1ccccc1. The molecule has 0 aliphatic heterocycles. The third kappa shape index (κ3) is 3.34. The number of carbonyl (C=O) groups is 2. The van der Waals surface area contributed by atoms with E-state index in [9.17, 15) is 9.59 Å². The quantitative estimate of drug-likeness (QED) is 0.572. The standard InChI is InChI=1S/C13H14N4O3/c1-20-17-10(7-11(18)13-14-8-15-16-13)12(19)9-5-3-2-4-6-9/h2-6,8,10,17H,7H2,1H3,(H,14,15,16). The Morgan fingerprint density at radius 2 is 2.10 bits per heavy atom. The maximum atomic E-state index is 12.3. The summed E-state index contributed by atoms with van der Waals surface area (Å²) in [5.74, 6) is -0.421. The predicted molar refractivity (Wildman–Crippen MR) is 70.0 cm³/mol. The van der Waals surface area contributed by atoms with Gasteiger partial charge in [-0.3, -0.25) is 14.7 Å². The van der Waals surface area contributed by atoms with Crippen molar-refractivity contribution in [3.05, 3.63) is 48.0 Å². The number of nitrogens with one attached hydrogen (secondary N) is 2. The molecule has 2 aromatic rings. The van der Waals surface area contributed by atoms with E-state index in [4.69, 9.17) is 4.84 Å². The first-order valence-corrected chi connectivity index (χ1v) is 5.98. The average Bonchev–Trinajstić information content (AvgIpc) is 3.01. The van der Waals surface area contributed by atoms with Crippen LogP contribution in [0, 0.1) is 0 Å². The number of ketones is 2. The molecule has 0 fully saturated rings. The van der Waals surface area contributed by atoms with Crippen molar-refractivity contribution >= 4 is 11.6 Å². The number of H-pyrrole nitrogens is 1. The second kappa shape index (κ2) is 6.69. The van der Waals surface area contributed by atoms with Gasteiger partial charge in [-0.05, 0) is 0 Å². The van der Waals surface area contributed by atoms with Crippen molar-refractivity contribution < 1.29 is 14.4 Å². The van der Waals surface area contributed by atoms with Crippen molar-refractivity contribution in [2.75, 3.05) is 7.11 Å². The molecule has 0 radical (unpaired) electrons. The van der Waals surface area contributed by atoms with Crippen molar-refractivity contribution in [1.29, 1.82) is 0 Å². The Kier molecular flexibility index (Phi) is 4.70. The van der Waals surface area contributed by atoms with Gasteiger partial charge in [-0.2, -0.15) is 10.6 Å². The Balaban J connectivity index is 2.11. The van der Waals surface area contributed by atoms with Crippen molar-refractivity contribution in [1.82, 2.24) is 20.7 Å². The zero-order chi connectivity index (χ0) is 14.4. The summed E-state index contributed by atoms with van der Waals surface area (Å²) in [6.45, 7) is 0. The van der Waals surface area contributed by atoms with Crippen LogP contribution in [0.3, 0.4) is 0 Å². The molecule has 7 nitrogen and oxygen atoms in total. The number of hydrogen-bond donors (Lipinski definition) is 2. The molecular formula is C13H14N4O3. The summed E-state index contributed by atoms with van der Waals surface area (Å²) in [6.07, 6.45) is 1.17. The van der Waals surface area contributed by atoms with Crippen LogP contribution < -0.4 is 5.48 Å². The topological polar surface area (TPSA) is 97.0 Å². The second-order valence-corrected chi connectivity index (χ2v) is 4.07. The van der Waals surface area contributed by atoms with Crippen LogP contribution in [0.2, 0.25) is 0 Å². The highest BCUT2D eigenvalue weighted by atomic mass is 16.6. The first-order valence-electron chi connectivity index (χ1n) is 5.98. The summed E-state index contributed by atoms with van der Waals surface area (Å²) < 4.78 is 0. The van der Waals surface area contributed by atoms with Crippen LogP contribution in [0.4, 0.5) is 0 Å². The number of aromatic nitrogens is 3. The molecule has 1 aromatic heterocycles. The third-order valence-electron chi connectivity index (χ3n) is 2.70. The molecule has 0 saturated heterocycles. The molecule has 0 amide bonds. The molecule has 0 aliphatic rings. The molecule has 0 aliphatic carbocycles. The molecule has 104 valence electrons. The zero-order valence-electron chi connectivity index (χ0n) is 10.9. The number of nitrogens with zero attached hydrogens (tertiary/aromatic N) is 2. The van der Waals surface area contributed by atoms with Crippen LogP contribution in [0.5, 0.6) is 0 Å². The molecule has 20 heavy (non-hydrogen) atoms. The Hall–Kier alpha value is -2.38.